The first-order chi connectivity index (χ1) is 15.0. The number of nitrogens with one attached hydrogen (secondary N) is 1. The fourth-order valence-electron chi connectivity index (χ4n) is 4.48. The Hall–Kier alpha value is -3.36. The number of likely N-dealkylation sites (N-methyl/N-ethyl adjacent to an activating group) is 1. The summed E-state index contributed by atoms with van der Waals surface area (Å²) in [7, 11) is 3.84. The molecule has 0 radical (unpaired) electrons. The Balaban J connectivity index is 1.68. The number of nitrogens with zero attached hydrogens (tertiary/aromatic N) is 4. The lowest BCUT2D eigenvalue weighted by Crippen LogP contribution is -2.56. The summed E-state index contributed by atoms with van der Waals surface area (Å²) < 4.78 is 0. The minimum absolute atomic E-state index is 0.0510. The summed E-state index contributed by atoms with van der Waals surface area (Å²) in [5.74, 6) is 0.787. The van der Waals surface area contributed by atoms with Gasteiger partial charge in [-0.25, -0.2) is 4.98 Å². The molecule has 1 aliphatic rings. The molecule has 1 fully saturated rings. The number of aldehydes is 1. The molecule has 0 amide bonds. The number of nitro groups is 1. The summed E-state index contributed by atoms with van der Waals surface area (Å²) in [6.07, 6.45) is 4.59. The van der Waals surface area contributed by atoms with Gasteiger partial charge in [0.1, 0.15) is 5.82 Å². The molecule has 8 nitrogen and oxygen atoms in total. The van der Waals surface area contributed by atoms with E-state index in [1.807, 2.05) is 49.3 Å². The van der Waals surface area contributed by atoms with Crippen molar-refractivity contribution in [2.45, 2.75) is 24.5 Å². The highest BCUT2D eigenvalue weighted by Crippen LogP contribution is 2.42. The van der Waals surface area contributed by atoms with Crippen LogP contribution in [0.4, 0.5) is 5.69 Å². The first-order valence-corrected chi connectivity index (χ1v) is 10.2. The average molecular weight is 419 g/mol. The monoisotopic (exact) mass is 419 g/mol. The highest BCUT2D eigenvalue weighted by molar-refractivity contribution is 5.67. The minimum Gasteiger partial charge on any atom is -0.341 e. The summed E-state index contributed by atoms with van der Waals surface area (Å²) >= 11 is 0. The molecule has 1 aliphatic heterocycles. The smallest absolute Gasteiger partial charge is 0.269 e. The molecule has 0 saturated carbocycles. The number of hydrogen-bond acceptors (Lipinski definition) is 6. The number of H-pyrrole nitrogens is 1. The van der Waals surface area contributed by atoms with E-state index in [0.29, 0.717) is 0 Å². The fraction of sp³-hybridized carbons (Fsp3) is 0.304. The van der Waals surface area contributed by atoms with Crippen LogP contribution in [0.2, 0.25) is 0 Å². The predicted octanol–water partition coefficient (Wildman–Crippen LogP) is 3.74. The van der Waals surface area contributed by atoms with Crippen LogP contribution in [0.15, 0.2) is 60.8 Å². The second kappa shape index (κ2) is 8.41. The van der Waals surface area contributed by atoms with Crippen molar-refractivity contribution in [2.24, 2.45) is 0 Å². The molecule has 1 aromatic heterocycles. The van der Waals surface area contributed by atoms with E-state index in [1.165, 1.54) is 12.1 Å². The molecule has 1 saturated heterocycles. The zero-order valence-electron chi connectivity index (χ0n) is 17.6. The molecule has 3 aromatic rings. The number of rotatable bonds is 7. The Morgan fingerprint density at radius 2 is 1.90 bits per heavy atom. The first-order valence-electron chi connectivity index (χ1n) is 10.2. The van der Waals surface area contributed by atoms with Gasteiger partial charge in [0.2, 0.25) is 0 Å². The van der Waals surface area contributed by atoms with E-state index in [4.69, 9.17) is 0 Å². The molecular formula is C23H25N5O3. The SMILES string of the molecule is CN(C)[C@](C=O)(c1ccccc1)N1CCCC1c1ncc(-c2ccc([N+](=O)[O-])cc2)[nH]1. The molecular weight excluding hydrogens is 394 g/mol. The Morgan fingerprint density at radius 3 is 2.52 bits per heavy atom. The van der Waals surface area contributed by atoms with Crippen LogP contribution in [0.25, 0.3) is 11.3 Å². The standard InChI is InChI=1S/C23H25N5O3/c1-26(2)23(16-29,18-7-4-3-5-8-18)27-14-6-9-21(27)22-24-15-20(25-22)17-10-12-19(13-11-17)28(30)31/h3-5,7-8,10-13,15-16,21H,6,9,14H2,1-2H3,(H,24,25)/t21?,23-/m0/s1. The van der Waals surface area contributed by atoms with Crippen LogP contribution in [0, 0.1) is 10.1 Å². The van der Waals surface area contributed by atoms with Crippen LogP contribution in [0.1, 0.15) is 30.3 Å². The number of benzene rings is 2. The number of carbonyl (C=O) groups is 1. The van der Waals surface area contributed by atoms with Gasteiger partial charge in [-0.2, -0.15) is 0 Å². The predicted molar refractivity (Wildman–Crippen MR) is 117 cm³/mol. The van der Waals surface area contributed by atoms with Crippen molar-refractivity contribution < 1.29 is 9.72 Å². The van der Waals surface area contributed by atoms with E-state index in [2.05, 4.69) is 14.9 Å². The highest BCUT2D eigenvalue weighted by atomic mass is 16.6. The number of hydrogen-bond donors (Lipinski definition) is 1. The molecule has 2 heterocycles. The fourth-order valence-corrected chi connectivity index (χ4v) is 4.48. The Morgan fingerprint density at radius 1 is 1.19 bits per heavy atom. The van der Waals surface area contributed by atoms with E-state index in [-0.39, 0.29) is 11.7 Å². The Kier molecular flexibility index (Phi) is 5.67. The van der Waals surface area contributed by atoms with Crippen molar-refractivity contribution >= 4 is 12.0 Å². The molecule has 2 atom stereocenters. The van der Waals surface area contributed by atoms with Gasteiger partial charge in [-0.05, 0) is 44.6 Å². The molecule has 31 heavy (non-hydrogen) atoms. The largest absolute Gasteiger partial charge is 0.341 e. The molecule has 0 aliphatic carbocycles. The zero-order chi connectivity index (χ0) is 22.0. The average Bonchev–Trinajstić information content (AvgIpc) is 3.45. The molecule has 8 heteroatoms. The van der Waals surface area contributed by atoms with Crippen LogP contribution >= 0.6 is 0 Å². The van der Waals surface area contributed by atoms with E-state index < -0.39 is 10.6 Å². The third-order valence-corrected chi connectivity index (χ3v) is 6.04. The summed E-state index contributed by atoms with van der Waals surface area (Å²) in [5.41, 5.74) is 1.69. The Bertz CT molecular complexity index is 1060. The van der Waals surface area contributed by atoms with Crippen molar-refractivity contribution in [3.05, 3.63) is 82.3 Å². The topological polar surface area (TPSA) is 95.4 Å². The maximum Gasteiger partial charge on any atom is 0.269 e. The number of carbonyl (C=O) groups excluding carboxylic acids is 1. The van der Waals surface area contributed by atoms with Crippen LogP contribution < -0.4 is 0 Å². The van der Waals surface area contributed by atoms with Crippen LogP contribution in [0.3, 0.4) is 0 Å². The van der Waals surface area contributed by atoms with Gasteiger partial charge in [-0.15, -0.1) is 0 Å². The summed E-state index contributed by atoms with van der Waals surface area (Å²) in [4.78, 5) is 35.2. The van der Waals surface area contributed by atoms with Gasteiger partial charge in [-0.3, -0.25) is 24.7 Å². The molecule has 1 unspecified atom stereocenters. The second-order valence-electron chi connectivity index (χ2n) is 7.94. The van der Waals surface area contributed by atoms with Gasteiger partial charge < -0.3 is 4.98 Å². The van der Waals surface area contributed by atoms with E-state index in [9.17, 15) is 14.9 Å². The summed E-state index contributed by atoms with van der Waals surface area (Å²) in [5, 5.41) is 10.9. The lowest BCUT2D eigenvalue weighted by Gasteiger charge is -2.45. The maximum absolute atomic E-state index is 12.6. The van der Waals surface area contributed by atoms with Gasteiger partial charge in [-0.1, -0.05) is 30.3 Å². The number of imidazole rings is 1. The van der Waals surface area contributed by atoms with Crippen LogP contribution in [-0.2, 0) is 10.5 Å². The lowest BCUT2D eigenvalue weighted by atomic mass is 9.96. The normalized spacial score (nSPS) is 18.7. The number of non-ortho nitro benzene ring substituents is 1. The highest BCUT2D eigenvalue weighted by Gasteiger charge is 2.47. The second-order valence-corrected chi connectivity index (χ2v) is 7.94. The third-order valence-electron chi connectivity index (χ3n) is 6.04. The summed E-state index contributed by atoms with van der Waals surface area (Å²) in [6.45, 7) is 0.768. The van der Waals surface area contributed by atoms with Crippen LogP contribution in [-0.4, -0.2) is 51.6 Å². The Labute approximate surface area is 180 Å². The molecule has 1 N–H and O–H groups in total. The van der Waals surface area contributed by atoms with E-state index in [1.54, 1.807) is 18.3 Å². The molecule has 0 spiro atoms. The number of aromatic amines is 1. The van der Waals surface area contributed by atoms with Gasteiger partial charge in [0, 0.05) is 24.2 Å². The van der Waals surface area contributed by atoms with Gasteiger partial charge in [0.25, 0.3) is 5.69 Å². The number of likely N-dealkylation sites (tertiary alicyclic amines) is 1. The van der Waals surface area contributed by atoms with E-state index >= 15 is 0 Å². The van der Waals surface area contributed by atoms with Gasteiger partial charge in [0.05, 0.1) is 22.9 Å². The molecule has 0 bridgehead atoms. The van der Waals surface area contributed by atoms with Crippen molar-refractivity contribution in [1.29, 1.82) is 0 Å². The maximum atomic E-state index is 12.6. The van der Waals surface area contributed by atoms with Gasteiger partial charge in [0.15, 0.2) is 11.9 Å². The number of aromatic nitrogens is 2. The lowest BCUT2D eigenvalue weighted by molar-refractivity contribution is -0.384. The molecule has 160 valence electrons. The summed E-state index contributed by atoms with van der Waals surface area (Å²) in [6, 6.07) is 16.1. The van der Waals surface area contributed by atoms with Crippen molar-refractivity contribution in [3.8, 4) is 11.3 Å². The quantitative estimate of drug-likeness (QED) is 0.356. The van der Waals surface area contributed by atoms with Crippen molar-refractivity contribution in [1.82, 2.24) is 19.8 Å². The van der Waals surface area contributed by atoms with Crippen molar-refractivity contribution in [2.75, 3.05) is 20.6 Å². The van der Waals surface area contributed by atoms with Crippen LogP contribution in [0.5, 0.6) is 0 Å². The van der Waals surface area contributed by atoms with E-state index in [0.717, 1.165) is 48.3 Å². The molecule has 4 rings (SSSR count). The number of nitro benzene ring substituents is 1. The molecule has 2 aromatic carbocycles. The van der Waals surface area contributed by atoms with Crippen molar-refractivity contribution in [3.63, 3.8) is 0 Å². The van der Waals surface area contributed by atoms with Gasteiger partial charge >= 0.3 is 0 Å². The third kappa shape index (κ3) is 3.64. The first kappa shape index (κ1) is 20.9. The zero-order valence-corrected chi connectivity index (χ0v) is 17.6. The minimum atomic E-state index is -0.900.